The van der Waals surface area contributed by atoms with Gasteiger partial charge in [-0.15, -0.1) is 0 Å². The van der Waals surface area contributed by atoms with E-state index in [1.165, 1.54) is 0 Å². The minimum atomic E-state index is 0.314. The molecule has 0 saturated carbocycles. The molecule has 0 saturated heterocycles. The van der Waals surface area contributed by atoms with Crippen molar-refractivity contribution in [1.82, 2.24) is 15.0 Å². The van der Waals surface area contributed by atoms with Gasteiger partial charge in [-0.3, -0.25) is 4.98 Å². The maximum atomic E-state index is 4.75. The van der Waals surface area contributed by atoms with Gasteiger partial charge in [0, 0.05) is 6.20 Å². The minimum absolute atomic E-state index is 0.314. The molecule has 0 N–H and O–H groups in total. The monoisotopic (exact) mass is 249 g/mol. The van der Waals surface area contributed by atoms with Crippen molar-refractivity contribution in [2.75, 3.05) is 0 Å². The number of nitrogens with zero attached hydrogens (tertiary/aromatic N) is 3. The summed E-state index contributed by atoms with van der Waals surface area (Å²) in [7, 11) is 0. The van der Waals surface area contributed by atoms with E-state index in [1.807, 2.05) is 42.5 Å². The Bertz CT molecular complexity index is 706. The molecule has 0 aliphatic rings. The third-order valence-electron chi connectivity index (χ3n) is 3.05. The fourth-order valence-electron chi connectivity index (χ4n) is 2.11. The molecule has 1 aromatic carbocycles. The molecule has 0 spiro atoms. The van der Waals surface area contributed by atoms with Gasteiger partial charge in [0.05, 0.1) is 22.4 Å². The number of hydrogen-bond donors (Lipinski definition) is 0. The number of para-hydroxylation sites is 2. The maximum absolute atomic E-state index is 4.75. The third-order valence-corrected chi connectivity index (χ3v) is 3.05. The van der Waals surface area contributed by atoms with Crippen LogP contribution in [0.2, 0.25) is 0 Å². The molecule has 2 heterocycles. The summed E-state index contributed by atoms with van der Waals surface area (Å²) in [5, 5.41) is 0. The zero-order chi connectivity index (χ0) is 13.2. The van der Waals surface area contributed by atoms with Gasteiger partial charge in [0.2, 0.25) is 0 Å². The fraction of sp³-hybridized carbons (Fsp3) is 0.188. The molecule has 0 aliphatic heterocycles. The van der Waals surface area contributed by atoms with Crippen LogP contribution in [-0.4, -0.2) is 15.0 Å². The van der Waals surface area contributed by atoms with Crippen LogP contribution in [0.1, 0.15) is 25.5 Å². The number of pyridine rings is 1. The highest BCUT2D eigenvalue weighted by Gasteiger charge is 2.14. The first-order valence-electron chi connectivity index (χ1n) is 6.44. The van der Waals surface area contributed by atoms with E-state index in [1.54, 1.807) is 6.20 Å². The van der Waals surface area contributed by atoms with Gasteiger partial charge in [-0.1, -0.05) is 32.0 Å². The van der Waals surface area contributed by atoms with Crippen LogP contribution in [-0.2, 0) is 0 Å². The predicted molar refractivity (Wildman–Crippen MR) is 76.9 cm³/mol. The minimum Gasteiger partial charge on any atom is -0.255 e. The number of rotatable bonds is 2. The highest BCUT2D eigenvalue weighted by Crippen LogP contribution is 2.26. The van der Waals surface area contributed by atoms with Gasteiger partial charge in [0.15, 0.2) is 0 Å². The molecule has 3 heteroatoms. The van der Waals surface area contributed by atoms with Gasteiger partial charge in [-0.2, -0.15) is 0 Å². The Balaban J connectivity index is 2.30. The van der Waals surface area contributed by atoms with Crippen LogP contribution in [0.25, 0.3) is 22.4 Å². The molecule has 0 unspecified atom stereocenters. The Hall–Kier alpha value is -2.29. The summed E-state index contributed by atoms with van der Waals surface area (Å²) in [5.41, 5.74) is 4.61. The summed E-state index contributed by atoms with van der Waals surface area (Å²) in [6, 6.07) is 13.8. The predicted octanol–water partition coefficient (Wildman–Crippen LogP) is 3.82. The summed E-state index contributed by atoms with van der Waals surface area (Å²) >= 11 is 0. The van der Waals surface area contributed by atoms with E-state index < -0.39 is 0 Å². The first kappa shape index (κ1) is 11.8. The molecule has 3 rings (SSSR count). The fourth-order valence-corrected chi connectivity index (χ4v) is 2.11. The van der Waals surface area contributed by atoms with E-state index in [9.17, 15) is 0 Å². The van der Waals surface area contributed by atoms with E-state index in [4.69, 9.17) is 9.97 Å². The summed E-state index contributed by atoms with van der Waals surface area (Å²) in [6.45, 7) is 4.26. The topological polar surface area (TPSA) is 38.7 Å². The lowest BCUT2D eigenvalue weighted by molar-refractivity contribution is 0.824. The molecule has 0 amide bonds. The molecule has 0 atom stereocenters. The second-order valence-corrected chi connectivity index (χ2v) is 4.82. The molecule has 0 bridgehead atoms. The van der Waals surface area contributed by atoms with Crippen molar-refractivity contribution in [3.8, 4) is 11.4 Å². The van der Waals surface area contributed by atoms with E-state index in [-0.39, 0.29) is 0 Å². The summed E-state index contributed by atoms with van der Waals surface area (Å²) < 4.78 is 0. The Kier molecular flexibility index (Phi) is 2.95. The largest absolute Gasteiger partial charge is 0.255 e. The van der Waals surface area contributed by atoms with Crippen molar-refractivity contribution in [1.29, 1.82) is 0 Å². The quantitative estimate of drug-likeness (QED) is 0.693. The normalized spacial score (nSPS) is 11.1. The van der Waals surface area contributed by atoms with Crippen molar-refractivity contribution >= 4 is 11.0 Å². The SMILES string of the molecule is CC(C)c1nc2ccccc2nc1-c1ccccn1. The first-order chi connectivity index (χ1) is 9.25. The number of benzene rings is 1. The molecule has 3 nitrogen and oxygen atoms in total. The van der Waals surface area contributed by atoms with Crippen LogP contribution in [0.15, 0.2) is 48.7 Å². The average Bonchev–Trinajstić information content (AvgIpc) is 2.46. The Morgan fingerprint density at radius 3 is 2.16 bits per heavy atom. The van der Waals surface area contributed by atoms with Crippen LogP contribution in [0.3, 0.4) is 0 Å². The van der Waals surface area contributed by atoms with Crippen LogP contribution >= 0.6 is 0 Å². The first-order valence-corrected chi connectivity index (χ1v) is 6.44. The van der Waals surface area contributed by atoms with Crippen LogP contribution < -0.4 is 0 Å². The van der Waals surface area contributed by atoms with Crippen molar-refractivity contribution in [2.45, 2.75) is 19.8 Å². The van der Waals surface area contributed by atoms with Crippen molar-refractivity contribution in [2.24, 2.45) is 0 Å². The molecule has 0 radical (unpaired) electrons. The highest BCUT2D eigenvalue weighted by atomic mass is 14.9. The number of hydrogen-bond acceptors (Lipinski definition) is 3. The zero-order valence-electron chi connectivity index (χ0n) is 11.0. The lowest BCUT2D eigenvalue weighted by Gasteiger charge is -2.11. The summed E-state index contributed by atoms with van der Waals surface area (Å²) in [4.78, 5) is 13.9. The zero-order valence-corrected chi connectivity index (χ0v) is 11.0. The van der Waals surface area contributed by atoms with E-state index in [2.05, 4.69) is 18.8 Å². The van der Waals surface area contributed by atoms with E-state index in [0.29, 0.717) is 5.92 Å². The van der Waals surface area contributed by atoms with Crippen LogP contribution in [0.4, 0.5) is 0 Å². The van der Waals surface area contributed by atoms with Gasteiger partial charge in [-0.25, -0.2) is 9.97 Å². The van der Waals surface area contributed by atoms with E-state index in [0.717, 1.165) is 28.1 Å². The number of fused-ring (bicyclic) bond motifs is 1. The molecule has 94 valence electrons. The standard InChI is InChI=1S/C16H15N3/c1-11(2)15-16(14-9-5-6-10-17-14)19-13-8-4-3-7-12(13)18-15/h3-11H,1-2H3. The van der Waals surface area contributed by atoms with Gasteiger partial charge in [-0.05, 0) is 30.2 Å². The summed E-state index contributed by atoms with van der Waals surface area (Å²) in [5.74, 6) is 0.314. The van der Waals surface area contributed by atoms with Crippen molar-refractivity contribution in [3.63, 3.8) is 0 Å². The van der Waals surface area contributed by atoms with Gasteiger partial charge in [0.1, 0.15) is 5.69 Å². The molecular formula is C16H15N3. The summed E-state index contributed by atoms with van der Waals surface area (Å²) in [6.07, 6.45) is 1.79. The molecule has 0 aliphatic carbocycles. The van der Waals surface area contributed by atoms with Gasteiger partial charge < -0.3 is 0 Å². The smallest absolute Gasteiger partial charge is 0.111 e. The molecule has 19 heavy (non-hydrogen) atoms. The average molecular weight is 249 g/mol. The lowest BCUT2D eigenvalue weighted by Crippen LogP contribution is -2.01. The van der Waals surface area contributed by atoms with Crippen LogP contribution in [0, 0.1) is 0 Å². The van der Waals surface area contributed by atoms with Gasteiger partial charge in [0.25, 0.3) is 0 Å². The van der Waals surface area contributed by atoms with Crippen molar-refractivity contribution in [3.05, 3.63) is 54.4 Å². The Labute approximate surface area is 112 Å². The Morgan fingerprint density at radius 1 is 0.842 bits per heavy atom. The van der Waals surface area contributed by atoms with Gasteiger partial charge >= 0.3 is 0 Å². The molecular weight excluding hydrogens is 234 g/mol. The third kappa shape index (κ3) is 2.19. The molecule has 3 aromatic rings. The number of aromatic nitrogens is 3. The molecule has 2 aromatic heterocycles. The second-order valence-electron chi connectivity index (χ2n) is 4.82. The lowest BCUT2D eigenvalue weighted by atomic mass is 10.0. The van der Waals surface area contributed by atoms with Crippen LogP contribution in [0.5, 0.6) is 0 Å². The second kappa shape index (κ2) is 4.76. The Morgan fingerprint density at radius 2 is 1.53 bits per heavy atom. The highest BCUT2D eigenvalue weighted by molar-refractivity contribution is 5.77. The van der Waals surface area contributed by atoms with Crippen molar-refractivity contribution < 1.29 is 0 Å². The maximum Gasteiger partial charge on any atom is 0.111 e. The molecule has 0 fully saturated rings. The van der Waals surface area contributed by atoms with E-state index >= 15 is 0 Å².